The molecule has 0 spiro atoms. The van der Waals surface area contributed by atoms with Crippen molar-refractivity contribution in [1.29, 1.82) is 0 Å². The first kappa shape index (κ1) is 10.2. The molecule has 0 bridgehead atoms. The first-order chi connectivity index (χ1) is 6.01. The van der Waals surface area contributed by atoms with Crippen molar-refractivity contribution in [2.45, 2.75) is 39.2 Å². The Bertz CT molecular complexity index is 276. The van der Waals surface area contributed by atoms with E-state index in [1.807, 2.05) is 26.2 Å². The fourth-order valence-corrected chi connectivity index (χ4v) is 1.33. The van der Waals surface area contributed by atoms with E-state index in [2.05, 4.69) is 18.0 Å². The van der Waals surface area contributed by atoms with Gasteiger partial charge in [-0.05, 0) is 31.4 Å². The Balaban J connectivity index is 2.78. The predicted octanol–water partition coefficient (Wildman–Crippen LogP) is 1.96. The standard InChI is InChI=1S/C11H17NO/c1-4-9-5-10(8-12-7-9)6-11(2,3)13/h5,7-8,13H,4,6H2,1-3H3. The molecule has 1 aromatic rings. The van der Waals surface area contributed by atoms with Gasteiger partial charge in [0, 0.05) is 18.8 Å². The van der Waals surface area contributed by atoms with Gasteiger partial charge in [0.2, 0.25) is 0 Å². The van der Waals surface area contributed by atoms with Crippen LogP contribution < -0.4 is 0 Å². The molecule has 0 unspecified atom stereocenters. The average molecular weight is 179 g/mol. The van der Waals surface area contributed by atoms with Gasteiger partial charge >= 0.3 is 0 Å². The van der Waals surface area contributed by atoms with Crippen molar-refractivity contribution in [1.82, 2.24) is 4.98 Å². The van der Waals surface area contributed by atoms with Crippen molar-refractivity contribution >= 4 is 0 Å². The lowest BCUT2D eigenvalue weighted by atomic mass is 9.99. The van der Waals surface area contributed by atoms with Crippen LogP contribution in [0.4, 0.5) is 0 Å². The molecule has 0 aliphatic rings. The van der Waals surface area contributed by atoms with Crippen molar-refractivity contribution in [2.24, 2.45) is 0 Å². The minimum atomic E-state index is -0.645. The van der Waals surface area contributed by atoms with E-state index in [0.29, 0.717) is 6.42 Å². The third-order valence-corrected chi connectivity index (χ3v) is 1.90. The maximum atomic E-state index is 9.61. The summed E-state index contributed by atoms with van der Waals surface area (Å²) in [4.78, 5) is 4.13. The molecule has 1 rings (SSSR count). The summed E-state index contributed by atoms with van der Waals surface area (Å²) in [5.74, 6) is 0. The van der Waals surface area contributed by atoms with E-state index in [-0.39, 0.29) is 0 Å². The zero-order chi connectivity index (χ0) is 9.90. The Morgan fingerprint density at radius 3 is 2.46 bits per heavy atom. The zero-order valence-corrected chi connectivity index (χ0v) is 8.54. The minimum absolute atomic E-state index is 0.645. The predicted molar refractivity (Wildman–Crippen MR) is 53.6 cm³/mol. The molecule has 0 fully saturated rings. The molecule has 2 heteroatoms. The number of nitrogens with zero attached hydrogens (tertiary/aromatic N) is 1. The first-order valence-electron chi connectivity index (χ1n) is 4.66. The minimum Gasteiger partial charge on any atom is -0.390 e. The van der Waals surface area contributed by atoms with Crippen molar-refractivity contribution < 1.29 is 5.11 Å². The van der Waals surface area contributed by atoms with Gasteiger partial charge in [-0.15, -0.1) is 0 Å². The fraction of sp³-hybridized carbons (Fsp3) is 0.545. The summed E-state index contributed by atoms with van der Waals surface area (Å²) in [5.41, 5.74) is 1.68. The number of rotatable bonds is 3. The van der Waals surface area contributed by atoms with Gasteiger partial charge in [0.1, 0.15) is 0 Å². The normalized spacial score (nSPS) is 11.7. The van der Waals surface area contributed by atoms with Crippen molar-refractivity contribution in [3.8, 4) is 0 Å². The smallest absolute Gasteiger partial charge is 0.0632 e. The maximum absolute atomic E-state index is 9.61. The summed E-state index contributed by atoms with van der Waals surface area (Å²) in [6, 6.07) is 2.10. The molecule has 0 atom stereocenters. The largest absolute Gasteiger partial charge is 0.390 e. The molecule has 0 aliphatic carbocycles. The van der Waals surface area contributed by atoms with Crippen LogP contribution in [0.5, 0.6) is 0 Å². The highest BCUT2D eigenvalue weighted by Crippen LogP contribution is 2.12. The molecule has 72 valence electrons. The third-order valence-electron chi connectivity index (χ3n) is 1.90. The quantitative estimate of drug-likeness (QED) is 0.769. The summed E-state index contributed by atoms with van der Waals surface area (Å²) >= 11 is 0. The van der Waals surface area contributed by atoms with E-state index < -0.39 is 5.60 Å². The number of aromatic nitrogens is 1. The average Bonchev–Trinajstić information content (AvgIpc) is 2.01. The van der Waals surface area contributed by atoms with Crippen molar-refractivity contribution in [3.63, 3.8) is 0 Å². The molecule has 13 heavy (non-hydrogen) atoms. The molecule has 1 N–H and O–H groups in total. The SMILES string of the molecule is CCc1cncc(CC(C)(C)O)c1. The molecule has 0 radical (unpaired) electrons. The molecule has 0 aliphatic heterocycles. The van der Waals surface area contributed by atoms with Crippen LogP contribution >= 0.6 is 0 Å². The second kappa shape index (κ2) is 3.88. The maximum Gasteiger partial charge on any atom is 0.0632 e. The lowest BCUT2D eigenvalue weighted by molar-refractivity contribution is 0.0809. The fourth-order valence-electron chi connectivity index (χ4n) is 1.33. The van der Waals surface area contributed by atoms with Crippen LogP contribution in [-0.2, 0) is 12.8 Å². The summed E-state index contributed by atoms with van der Waals surface area (Å²) in [7, 11) is 0. The number of hydrogen-bond donors (Lipinski definition) is 1. The van der Waals surface area contributed by atoms with E-state index >= 15 is 0 Å². The Morgan fingerprint density at radius 2 is 1.92 bits per heavy atom. The number of aryl methyl sites for hydroxylation is 1. The van der Waals surface area contributed by atoms with E-state index in [1.165, 1.54) is 5.56 Å². The summed E-state index contributed by atoms with van der Waals surface area (Å²) in [6.45, 7) is 5.72. The monoisotopic (exact) mass is 179 g/mol. The zero-order valence-electron chi connectivity index (χ0n) is 8.54. The van der Waals surface area contributed by atoms with E-state index in [0.717, 1.165) is 12.0 Å². The Hall–Kier alpha value is -0.890. The molecular formula is C11H17NO. The van der Waals surface area contributed by atoms with Crippen LogP contribution in [0, 0.1) is 0 Å². The summed E-state index contributed by atoms with van der Waals surface area (Å²) in [6.07, 6.45) is 5.34. The Kier molecular flexibility index (Phi) is 3.04. The Labute approximate surface area is 79.6 Å². The molecule has 1 heterocycles. The molecule has 0 aromatic carbocycles. The number of pyridine rings is 1. The van der Waals surface area contributed by atoms with E-state index in [1.54, 1.807) is 0 Å². The van der Waals surface area contributed by atoms with Gasteiger partial charge in [-0.25, -0.2) is 0 Å². The lowest BCUT2D eigenvalue weighted by Gasteiger charge is -2.16. The summed E-state index contributed by atoms with van der Waals surface area (Å²) in [5, 5.41) is 9.61. The van der Waals surface area contributed by atoms with Crippen molar-refractivity contribution in [3.05, 3.63) is 29.6 Å². The van der Waals surface area contributed by atoms with Gasteiger partial charge in [-0.3, -0.25) is 4.98 Å². The highest BCUT2D eigenvalue weighted by atomic mass is 16.3. The van der Waals surface area contributed by atoms with Crippen LogP contribution in [0.25, 0.3) is 0 Å². The van der Waals surface area contributed by atoms with Gasteiger partial charge in [0.15, 0.2) is 0 Å². The van der Waals surface area contributed by atoms with Crippen LogP contribution in [0.3, 0.4) is 0 Å². The molecular weight excluding hydrogens is 162 g/mol. The van der Waals surface area contributed by atoms with Gasteiger partial charge in [-0.1, -0.05) is 13.0 Å². The second-order valence-electron chi connectivity index (χ2n) is 4.04. The third kappa shape index (κ3) is 3.55. The molecule has 2 nitrogen and oxygen atoms in total. The van der Waals surface area contributed by atoms with E-state index in [4.69, 9.17) is 0 Å². The highest BCUT2D eigenvalue weighted by Gasteiger charge is 2.13. The van der Waals surface area contributed by atoms with Gasteiger partial charge in [0.25, 0.3) is 0 Å². The topological polar surface area (TPSA) is 33.1 Å². The van der Waals surface area contributed by atoms with E-state index in [9.17, 15) is 5.11 Å². The first-order valence-corrected chi connectivity index (χ1v) is 4.66. The van der Waals surface area contributed by atoms with Crippen LogP contribution in [-0.4, -0.2) is 15.7 Å². The Morgan fingerprint density at radius 1 is 1.31 bits per heavy atom. The highest BCUT2D eigenvalue weighted by molar-refractivity contribution is 5.19. The molecule has 0 saturated heterocycles. The van der Waals surface area contributed by atoms with Gasteiger partial charge in [-0.2, -0.15) is 0 Å². The van der Waals surface area contributed by atoms with Crippen LogP contribution in [0.2, 0.25) is 0 Å². The van der Waals surface area contributed by atoms with Crippen molar-refractivity contribution in [2.75, 3.05) is 0 Å². The number of hydrogen-bond acceptors (Lipinski definition) is 2. The molecule has 0 amide bonds. The van der Waals surface area contributed by atoms with Crippen LogP contribution in [0.15, 0.2) is 18.5 Å². The molecule has 0 saturated carbocycles. The van der Waals surface area contributed by atoms with Crippen LogP contribution in [0.1, 0.15) is 31.9 Å². The second-order valence-corrected chi connectivity index (χ2v) is 4.04. The summed E-state index contributed by atoms with van der Waals surface area (Å²) < 4.78 is 0. The van der Waals surface area contributed by atoms with Gasteiger partial charge in [0.05, 0.1) is 5.60 Å². The lowest BCUT2D eigenvalue weighted by Crippen LogP contribution is -2.21. The molecule has 1 aromatic heterocycles. The number of aliphatic hydroxyl groups is 1. The van der Waals surface area contributed by atoms with Gasteiger partial charge < -0.3 is 5.11 Å².